The van der Waals surface area contributed by atoms with E-state index in [4.69, 9.17) is 0 Å². The average Bonchev–Trinajstić information content (AvgIpc) is 3.57. The molecule has 0 unspecified atom stereocenters. The largest absolute Gasteiger partial charge is 0.338 e. The van der Waals surface area contributed by atoms with Gasteiger partial charge in [0.15, 0.2) is 5.65 Å². The van der Waals surface area contributed by atoms with Gasteiger partial charge in [-0.3, -0.25) is 15.0 Å². The van der Waals surface area contributed by atoms with Crippen molar-refractivity contribution in [3.05, 3.63) is 84.7 Å². The van der Waals surface area contributed by atoms with Crippen LogP contribution in [-0.2, 0) is 6.54 Å². The first kappa shape index (κ1) is 22.7. The Morgan fingerprint density at radius 3 is 2.61 bits per heavy atom. The van der Waals surface area contributed by atoms with Crippen LogP contribution in [0.5, 0.6) is 0 Å². The van der Waals surface area contributed by atoms with Gasteiger partial charge < -0.3 is 4.98 Å². The van der Waals surface area contributed by atoms with E-state index in [1.807, 2.05) is 36.8 Å². The van der Waals surface area contributed by atoms with Crippen molar-refractivity contribution in [3.63, 3.8) is 0 Å². The summed E-state index contributed by atoms with van der Waals surface area (Å²) >= 11 is 0. The number of nitrogens with zero attached hydrogens (tertiary/aromatic N) is 5. The Hall–Kier alpha value is -4.43. The number of fused-ring (bicyclic) bond motifs is 2. The Balaban J connectivity index is 1.26. The second kappa shape index (κ2) is 9.46. The van der Waals surface area contributed by atoms with Crippen molar-refractivity contribution < 1.29 is 4.39 Å². The Morgan fingerprint density at radius 1 is 0.816 bits per heavy atom. The lowest BCUT2D eigenvalue weighted by Gasteiger charge is -2.26. The van der Waals surface area contributed by atoms with Crippen molar-refractivity contribution in [1.29, 1.82) is 0 Å². The highest BCUT2D eigenvalue weighted by Crippen LogP contribution is 2.34. The maximum Gasteiger partial charge on any atom is 0.155 e. The summed E-state index contributed by atoms with van der Waals surface area (Å²) in [6.07, 6.45) is 11.3. The molecule has 0 aliphatic carbocycles. The molecule has 1 saturated heterocycles. The first-order valence-corrected chi connectivity index (χ1v) is 13.0. The van der Waals surface area contributed by atoms with Gasteiger partial charge in [-0.2, -0.15) is 5.10 Å². The number of hydrogen-bond donors (Lipinski definition) is 2. The summed E-state index contributed by atoms with van der Waals surface area (Å²) in [5.74, 6) is -0.269. The number of pyridine rings is 3. The van der Waals surface area contributed by atoms with E-state index in [9.17, 15) is 4.39 Å². The van der Waals surface area contributed by atoms with E-state index in [1.165, 1.54) is 37.0 Å². The zero-order valence-corrected chi connectivity index (χ0v) is 20.8. The molecule has 5 aromatic heterocycles. The van der Waals surface area contributed by atoms with Crippen molar-refractivity contribution in [3.8, 4) is 33.6 Å². The first-order chi connectivity index (χ1) is 18.7. The van der Waals surface area contributed by atoms with E-state index in [1.54, 1.807) is 12.3 Å². The minimum absolute atomic E-state index is 0.269. The van der Waals surface area contributed by atoms with Crippen LogP contribution in [-0.4, -0.2) is 48.1 Å². The minimum atomic E-state index is -0.269. The van der Waals surface area contributed by atoms with Crippen LogP contribution in [0.3, 0.4) is 0 Å². The molecule has 1 aromatic carbocycles. The first-order valence-electron chi connectivity index (χ1n) is 13.0. The monoisotopic (exact) mass is 503 g/mol. The van der Waals surface area contributed by atoms with Gasteiger partial charge in [0, 0.05) is 53.2 Å². The number of hydrogen-bond acceptors (Lipinski definition) is 5. The van der Waals surface area contributed by atoms with Crippen LogP contribution >= 0.6 is 0 Å². The van der Waals surface area contributed by atoms with Crippen LogP contribution in [0.4, 0.5) is 4.39 Å². The molecule has 7 nitrogen and oxygen atoms in total. The molecule has 8 heteroatoms. The van der Waals surface area contributed by atoms with Crippen LogP contribution in [0, 0.1) is 5.82 Å². The van der Waals surface area contributed by atoms with E-state index >= 15 is 0 Å². The molecule has 188 valence electrons. The molecule has 0 radical (unpaired) electrons. The van der Waals surface area contributed by atoms with Crippen LogP contribution in [0.15, 0.2) is 73.3 Å². The number of likely N-dealkylation sites (tertiary alicyclic amines) is 1. The minimum Gasteiger partial charge on any atom is -0.338 e. The molecule has 0 bridgehead atoms. The van der Waals surface area contributed by atoms with E-state index in [-0.39, 0.29) is 5.82 Å². The number of aromatic amines is 2. The highest BCUT2D eigenvalue weighted by Gasteiger charge is 2.16. The van der Waals surface area contributed by atoms with Gasteiger partial charge in [-0.05, 0) is 79.0 Å². The highest BCUT2D eigenvalue weighted by molar-refractivity contribution is 5.99. The van der Waals surface area contributed by atoms with Crippen LogP contribution in [0.2, 0.25) is 0 Å². The lowest BCUT2D eigenvalue weighted by molar-refractivity contribution is 0.220. The number of aromatic nitrogens is 6. The molecule has 0 atom stereocenters. The molecule has 0 spiro atoms. The standard InChI is InChI=1S/C30H26FN7/c31-23-6-4-5-20(12-23)24-7-8-33-29-25(24)14-27(35-29)28-26-13-22(17-34-30(26)37-36-28)21-11-19(15-32-16-21)18-38-9-2-1-3-10-38/h4-8,11-17H,1-3,9-10,18H2,(H,33,35)(H,34,36,37). The summed E-state index contributed by atoms with van der Waals surface area (Å²) in [7, 11) is 0. The second-order valence-electron chi connectivity index (χ2n) is 9.93. The van der Waals surface area contributed by atoms with Crippen molar-refractivity contribution in [2.45, 2.75) is 25.8 Å². The summed E-state index contributed by atoms with van der Waals surface area (Å²) < 4.78 is 13.9. The molecule has 1 aliphatic rings. The normalized spacial score (nSPS) is 14.4. The average molecular weight is 504 g/mol. The summed E-state index contributed by atoms with van der Waals surface area (Å²) in [5.41, 5.74) is 7.95. The molecule has 1 fully saturated rings. The van der Waals surface area contributed by atoms with Crippen LogP contribution in [0.1, 0.15) is 24.8 Å². The zero-order chi connectivity index (χ0) is 25.5. The van der Waals surface area contributed by atoms with Crippen molar-refractivity contribution in [2.75, 3.05) is 13.1 Å². The number of halogens is 1. The molecular weight excluding hydrogens is 477 g/mol. The number of piperidine rings is 1. The Labute approximate surface area is 218 Å². The van der Waals surface area contributed by atoms with Crippen molar-refractivity contribution >= 4 is 22.1 Å². The van der Waals surface area contributed by atoms with Gasteiger partial charge in [-0.25, -0.2) is 14.4 Å². The van der Waals surface area contributed by atoms with Crippen LogP contribution < -0.4 is 0 Å². The van der Waals surface area contributed by atoms with Gasteiger partial charge in [0.2, 0.25) is 0 Å². The third-order valence-electron chi connectivity index (χ3n) is 7.32. The zero-order valence-electron chi connectivity index (χ0n) is 20.8. The lowest BCUT2D eigenvalue weighted by Crippen LogP contribution is -2.29. The maximum absolute atomic E-state index is 13.9. The summed E-state index contributed by atoms with van der Waals surface area (Å²) in [5, 5.41) is 9.44. The Morgan fingerprint density at radius 2 is 1.71 bits per heavy atom. The molecular formula is C30H26FN7. The maximum atomic E-state index is 13.9. The highest BCUT2D eigenvalue weighted by atomic mass is 19.1. The molecule has 6 aromatic rings. The SMILES string of the molecule is Fc1cccc(-c2ccnc3[nH]c(-c4n[nH]c5ncc(-c6cncc(CN7CCCCC7)c6)cc45)cc23)c1. The smallest absolute Gasteiger partial charge is 0.155 e. The van der Waals surface area contributed by atoms with Crippen molar-refractivity contribution in [1.82, 2.24) is 35.0 Å². The fraction of sp³-hybridized carbons (Fsp3) is 0.200. The molecule has 1 aliphatic heterocycles. The quantitative estimate of drug-likeness (QED) is 0.286. The fourth-order valence-electron chi connectivity index (χ4n) is 5.44. The summed E-state index contributed by atoms with van der Waals surface area (Å²) in [6.45, 7) is 3.22. The second-order valence-corrected chi connectivity index (χ2v) is 9.93. The molecule has 0 saturated carbocycles. The number of rotatable bonds is 5. The van der Waals surface area contributed by atoms with Crippen molar-refractivity contribution in [2.24, 2.45) is 0 Å². The Kier molecular flexibility index (Phi) is 5.66. The molecule has 0 amide bonds. The Bertz CT molecular complexity index is 1760. The molecule has 7 rings (SSSR count). The molecule has 2 N–H and O–H groups in total. The molecule has 6 heterocycles. The molecule has 38 heavy (non-hydrogen) atoms. The van der Waals surface area contributed by atoms with Gasteiger partial charge in [0.05, 0.1) is 5.69 Å². The third-order valence-corrected chi connectivity index (χ3v) is 7.32. The van der Waals surface area contributed by atoms with Gasteiger partial charge in [0.1, 0.15) is 17.2 Å². The number of nitrogens with one attached hydrogen (secondary N) is 2. The predicted molar refractivity (Wildman–Crippen MR) is 147 cm³/mol. The van der Waals surface area contributed by atoms with Gasteiger partial charge in [-0.15, -0.1) is 0 Å². The van der Waals surface area contributed by atoms with Gasteiger partial charge in [0.25, 0.3) is 0 Å². The predicted octanol–water partition coefficient (Wildman–Crippen LogP) is 6.36. The topological polar surface area (TPSA) is 86.4 Å². The third kappa shape index (κ3) is 4.22. The summed E-state index contributed by atoms with van der Waals surface area (Å²) in [6, 6.07) is 14.8. The van der Waals surface area contributed by atoms with Gasteiger partial charge >= 0.3 is 0 Å². The number of H-pyrrole nitrogens is 2. The van der Waals surface area contributed by atoms with E-state index in [2.05, 4.69) is 47.2 Å². The van der Waals surface area contributed by atoms with E-state index in [0.29, 0.717) is 5.65 Å². The fourth-order valence-corrected chi connectivity index (χ4v) is 5.44. The number of benzene rings is 1. The van der Waals surface area contributed by atoms with E-state index in [0.717, 1.165) is 69.7 Å². The van der Waals surface area contributed by atoms with E-state index < -0.39 is 0 Å². The van der Waals surface area contributed by atoms with Gasteiger partial charge in [-0.1, -0.05) is 18.6 Å². The van der Waals surface area contributed by atoms with Crippen LogP contribution in [0.25, 0.3) is 55.7 Å². The summed E-state index contributed by atoms with van der Waals surface area (Å²) in [4.78, 5) is 19.6. The lowest BCUT2D eigenvalue weighted by atomic mass is 10.0.